The van der Waals surface area contributed by atoms with Crippen molar-refractivity contribution in [2.45, 2.75) is 39.0 Å². The van der Waals surface area contributed by atoms with Crippen molar-refractivity contribution in [1.29, 1.82) is 0 Å². The first kappa shape index (κ1) is 29.7. The van der Waals surface area contributed by atoms with Crippen molar-refractivity contribution in [3.05, 3.63) is 71.3 Å². The lowest BCUT2D eigenvalue weighted by molar-refractivity contribution is -0.160. The number of benzene rings is 2. The molecule has 0 aliphatic carbocycles. The zero-order valence-corrected chi connectivity index (χ0v) is 21.2. The highest BCUT2D eigenvalue weighted by atomic mass is 19.4. The number of rotatable bonds is 12. The number of hydrogen-bond donors (Lipinski definition) is 0. The number of carbonyl (C=O) groups is 2. The van der Waals surface area contributed by atoms with Crippen LogP contribution < -0.4 is 4.74 Å². The molecule has 2 aromatic rings. The van der Waals surface area contributed by atoms with Gasteiger partial charge in [-0.15, -0.1) is 0 Å². The Bertz CT molecular complexity index is 1040. The van der Waals surface area contributed by atoms with E-state index in [9.17, 15) is 22.8 Å². The topological polar surface area (TPSA) is 80.3 Å². The van der Waals surface area contributed by atoms with Crippen molar-refractivity contribution in [2.24, 2.45) is 0 Å². The summed E-state index contributed by atoms with van der Waals surface area (Å²) < 4.78 is 64.8. The molecule has 0 spiro atoms. The summed E-state index contributed by atoms with van der Waals surface area (Å²) in [5, 5.41) is 0. The van der Waals surface area contributed by atoms with E-state index in [0.29, 0.717) is 17.7 Å². The molecule has 0 fully saturated rings. The molecule has 0 atom stereocenters. The van der Waals surface area contributed by atoms with Crippen LogP contribution >= 0.6 is 0 Å². The van der Waals surface area contributed by atoms with E-state index in [1.165, 1.54) is 19.2 Å². The van der Waals surface area contributed by atoms with Crippen LogP contribution in [0.25, 0.3) is 5.76 Å². The molecular formula is C27H31F3O7. The Morgan fingerprint density at radius 3 is 2.11 bits per heavy atom. The van der Waals surface area contributed by atoms with Crippen molar-refractivity contribution in [3.63, 3.8) is 0 Å². The van der Waals surface area contributed by atoms with Gasteiger partial charge in [0.2, 0.25) is 0 Å². The highest BCUT2D eigenvalue weighted by molar-refractivity contribution is 5.89. The lowest BCUT2D eigenvalue weighted by Gasteiger charge is -2.19. The van der Waals surface area contributed by atoms with Crippen LogP contribution in [0.1, 0.15) is 37.5 Å². The SMILES string of the molecule is COC(=O)/C=C(\OCCc1ccc(OCCOCC(=O)OC(C)(C)C)cc1)c1ccc(C(F)(F)F)cc1. The average molecular weight is 525 g/mol. The first-order valence-corrected chi connectivity index (χ1v) is 11.5. The van der Waals surface area contributed by atoms with Crippen LogP contribution in [0.4, 0.5) is 13.2 Å². The van der Waals surface area contributed by atoms with E-state index in [1.807, 2.05) is 12.1 Å². The van der Waals surface area contributed by atoms with E-state index in [4.69, 9.17) is 18.9 Å². The summed E-state index contributed by atoms with van der Waals surface area (Å²) in [5.74, 6) is -0.415. The van der Waals surface area contributed by atoms with Crippen molar-refractivity contribution >= 4 is 17.7 Å². The number of ether oxygens (including phenoxy) is 5. The lowest BCUT2D eigenvalue weighted by atomic mass is 10.1. The van der Waals surface area contributed by atoms with Crippen LogP contribution in [0.15, 0.2) is 54.6 Å². The van der Waals surface area contributed by atoms with Gasteiger partial charge >= 0.3 is 18.1 Å². The molecule has 0 aromatic heterocycles. The maximum Gasteiger partial charge on any atom is 0.416 e. The van der Waals surface area contributed by atoms with Crippen LogP contribution in [0, 0.1) is 0 Å². The minimum absolute atomic E-state index is 0.104. The fraction of sp³-hybridized carbons (Fsp3) is 0.407. The normalized spacial score (nSPS) is 12.1. The molecule has 0 saturated carbocycles. The predicted octanol–water partition coefficient (Wildman–Crippen LogP) is 5.22. The van der Waals surface area contributed by atoms with Gasteiger partial charge in [0, 0.05) is 12.0 Å². The minimum Gasteiger partial charge on any atom is -0.492 e. The Kier molecular flexibility index (Phi) is 11.0. The molecule has 2 aromatic carbocycles. The molecule has 0 saturated heterocycles. The highest BCUT2D eigenvalue weighted by Crippen LogP contribution is 2.30. The second-order valence-electron chi connectivity index (χ2n) is 8.84. The Hall–Kier alpha value is -3.53. The lowest BCUT2D eigenvalue weighted by Crippen LogP contribution is -2.27. The third kappa shape index (κ3) is 11.4. The van der Waals surface area contributed by atoms with E-state index < -0.39 is 29.3 Å². The van der Waals surface area contributed by atoms with Gasteiger partial charge < -0.3 is 23.7 Å². The number of methoxy groups -OCH3 is 1. The first-order chi connectivity index (χ1) is 17.4. The Balaban J connectivity index is 1.82. The summed E-state index contributed by atoms with van der Waals surface area (Å²) in [6, 6.07) is 11.5. The molecule has 0 N–H and O–H groups in total. The molecule has 0 bridgehead atoms. The quantitative estimate of drug-likeness (QED) is 0.163. The number of carbonyl (C=O) groups excluding carboxylic acids is 2. The van der Waals surface area contributed by atoms with E-state index >= 15 is 0 Å². The number of alkyl halides is 3. The molecule has 202 valence electrons. The van der Waals surface area contributed by atoms with E-state index in [0.717, 1.165) is 23.8 Å². The third-order valence-electron chi connectivity index (χ3n) is 4.65. The number of halogens is 3. The summed E-state index contributed by atoms with van der Waals surface area (Å²) in [5.41, 5.74) is -0.134. The number of esters is 2. The summed E-state index contributed by atoms with van der Waals surface area (Å²) >= 11 is 0. The summed E-state index contributed by atoms with van der Waals surface area (Å²) in [6.45, 7) is 5.82. The van der Waals surface area contributed by atoms with Crippen molar-refractivity contribution in [2.75, 3.05) is 33.5 Å². The van der Waals surface area contributed by atoms with Gasteiger partial charge in [-0.25, -0.2) is 9.59 Å². The maximum absolute atomic E-state index is 12.8. The average Bonchev–Trinajstić information content (AvgIpc) is 2.82. The Morgan fingerprint density at radius 2 is 1.54 bits per heavy atom. The van der Waals surface area contributed by atoms with Crippen molar-refractivity contribution in [1.82, 2.24) is 0 Å². The molecule has 0 unspecified atom stereocenters. The van der Waals surface area contributed by atoms with Crippen LogP contribution in [-0.4, -0.2) is 51.1 Å². The van der Waals surface area contributed by atoms with Gasteiger partial charge in [-0.2, -0.15) is 13.2 Å². The van der Waals surface area contributed by atoms with Crippen LogP contribution in [0.2, 0.25) is 0 Å². The van der Waals surface area contributed by atoms with Crippen LogP contribution in [0.3, 0.4) is 0 Å². The fourth-order valence-corrected chi connectivity index (χ4v) is 2.97. The highest BCUT2D eigenvalue weighted by Gasteiger charge is 2.30. The minimum atomic E-state index is -4.46. The Morgan fingerprint density at radius 1 is 0.892 bits per heavy atom. The van der Waals surface area contributed by atoms with Gasteiger partial charge in [0.25, 0.3) is 0 Å². The molecule has 0 heterocycles. The molecule has 37 heavy (non-hydrogen) atoms. The van der Waals surface area contributed by atoms with E-state index in [1.54, 1.807) is 32.9 Å². The molecular weight excluding hydrogens is 493 g/mol. The molecule has 7 nitrogen and oxygen atoms in total. The van der Waals surface area contributed by atoms with Gasteiger partial charge in [0.1, 0.15) is 30.3 Å². The van der Waals surface area contributed by atoms with Gasteiger partial charge in [0.15, 0.2) is 0 Å². The van der Waals surface area contributed by atoms with Crippen molar-refractivity contribution < 1.29 is 46.4 Å². The molecule has 10 heteroatoms. The number of hydrogen-bond acceptors (Lipinski definition) is 7. The van der Waals surface area contributed by atoms with Crippen molar-refractivity contribution in [3.8, 4) is 5.75 Å². The van der Waals surface area contributed by atoms with E-state index in [-0.39, 0.29) is 32.2 Å². The summed E-state index contributed by atoms with van der Waals surface area (Å²) in [7, 11) is 1.19. The molecule has 0 amide bonds. The monoisotopic (exact) mass is 524 g/mol. The molecule has 0 aliphatic rings. The van der Waals surface area contributed by atoms with Gasteiger partial charge in [-0.1, -0.05) is 24.3 Å². The molecule has 0 aliphatic heterocycles. The van der Waals surface area contributed by atoms with Crippen LogP contribution in [-0.2, 0) is 41.1 Å². The van der Waals surface area contributed by atoms with Gasteiger partial charge in [-0.3, -0.25) is 0 Å². The third-order valence-corrected chi connectivity index (χ3v) is 4.65. The fourth-order valence-electron chi connectivity index (χ4n) is 2.97. The summed E-state index contributed by atoms with van der Waals surface area (Å²) in [6.07, 6.45) is -2.91. The van der Waals surface area contributed by atoms with Crippen LogP contribution in [0.5, 0.6) is 5.75 Å². The zero-order valence-electron chi connectivity index (χ0n) is 21.2. The maximum atomic E-state index is 12.8. The molecule has 2 rings (SSSR count). The molecule has 0 radical (unpaired) electrons. The smallest absolute Gasteiger partial charge is 0.416 e. The van der Waals surface area contributed by atoms with Gasteiger partial charge in [0.05, 0.1) is 32.0 Å². The summed E-state index contributed by atoms with van der Waals surface area (Å²) in [4.78, 5) is 23.3. The zero-order chi connectivity index (χ0) is 27.5. The van der Waals surface area contributed by atoms with Gasteiger partial charge in [-0.05, 0) is 50.6 Å². The Labute approximate surface area is 214 Å². The second-order valence-corrected chi connectivity index (χ2v) is 8.84. The predicted molar refractivity (Wildman–Crippen MR) is 130 cm³/mol. The van der Waals surface area contributed by atoms with E-state index in [2.05, 4.69) is 4.74 Å². The second kappa shape index (κ2) is 13.7. The standard InChI is InChI=1S/C27H31F3O7/c1-26(2,3)37-25(32)18-34-15-16-35-22-11-5-19(6-12-22)13-14-36-23(17-24(31)33-4)20-7-9-21(10-8-20)27(28,29)30/h5-12,17H,13-16,18H2,1-4H3/b23-17-. The first-order valence-electron chi connectivity index (χ1n) is 11.5. The largest absolute Gasteiger partial charge is 0.492 e.